The molecule has 0 bridgehead atoms. The lowest BCUT2D eigenvalue weighted by Gasteiger charge is -2.21. The maximum atomic E-state index is 13.8. The molecule has 18 heavy (non-hydrogen) atoms. The van der Waals surface area contributed by atoms with Crippen LogP contribution in [0.1, 0.15) is 22.8 Å². The monoisotopic (exact) mass is 263 g/mol. The standard InChI is InChI=1S/C12H10FN3OS/c13-8-4-2-1-3-6(8)7-5-9(17)15-11-10(7)18-12(14)16-11/h1-4,7H,5H2,(H2,14,16)(H,15,17)/t7-/m0/s1. The molecule has 1 amide bonds. The van der Waals surface area contributed by atoms with Crippen LogP contribution in [0.15, 0.2) is 24.3 Å². The number of carbonyl (C=O) groups is 1. The first-order chi connectivity index (χ1) is 8.65. The van der Waals surface area contributed by atoms with E-state index in [1.165, 1.54) is 17.4 Å². The molecule has 0 aliphatic carbocycles. The van der Waals surface area contributed by atoms with Crippen LogP contribution < -0.4 is 11.1 Å². The fraction of sp³-hybridized carbons (Fsp3) is 0.167. The van der Waals surface area contributed by atoms with E-state index in [2.05, 4.69) is 10.3 Å². The minimum absolute atomic E-state index is 0.166. The first-order valence-corrected chi connectivity index (χ1v) is 6.27. The van der Waals surface area contributed by atoms with E-state index in [0.29, 0.717) is 16.5 Å². The molecule has 1 aliphatic rings. The highest BCUT2D eigenvalue weighted by atomic mass is 32.1. The molecule has 1 aromatic carbocycles. The van der Waals surface area contributed by atoms with Gasteiger partial charge >= 0.3 is 0 Å². The predicted molar refractivity (Wildman–Crippen MR) is 68.0 cm³/mol. The molecule has 0 fully saturated rings. The lowest BCUT2D eigenvalue weighted by Crippen LogP contribution is -2.23. The summed E-state index contributed by atoms with van der Waals surface area (Å²) < 4.78 is 13.8. The summed E-state index contributed by atoms with van der Waals surface area (Å²) in [4.78, 5) is 16.5. The molecule has 2 heterocycles. The Morgan fingerprint density at radius 3 is 3.00 bits per heavy atom. The van der Waals surface area contributed by atoms with Gasteiger partial charge in [0.1, 0.15) is 11.6 Å². The number of rotatable bonds is 1. The number of carbonyl (C=O) groups excluding carboxylic acids is 1. The number of nitrogens with two attached hydrogens (primary N) is 1. The lowest BCUT2D eigenvalue weighted by molar-refractivity contribution is -0.116. The fourth-order valence-corrected chi connectivity index (χ4v) is 3.05. The molecule has 3 rings (SSSR count). The number of nitrogen functional groups attached to an aromatic ring is 1. The van der Waals surface area contributed by atoms with Gasteiger partial charge in [-0.05, 0) is 11.6 Å². The van der Waals surface area contributed by atoms with Gasteiger partial charge in [0.2, 0.25) is 5.91 Å². The number of nitrogens with zero attached hydrogens (tertiary/aromatic N) is 1. The van der Waals surface area contributed by atoms with Crippen molar-refractivity contribution in [3.05, 3.63) is 40.5 Å². The summed E-state index contributed by atoms with van der Waals surface area (Å²) in [5.41, 5.74) is 6.16. The Labute approximate surface area is 107 Å². The van der Waals surface area contributed by atoms with Gasteiger partial charge < -0.3 is 11.1 Å². The summed E-state index contributed by atoms with van der Waals surface area (Å²) in [7, 11) is 0. The number of nitrogens with one attached hydrogen (secondary N) is 1. The summed E-state index contributed by atoms with van der Waals surface area (Å²) in [6, 6.07) is 6.48. The second kappa shape index (κ2) is 4.06. The van der Waals surface area contributed by atoms with Crippen LogP contribution in [-0.4, -0.2) is 10.9 Å². The third-order valence-electron chi connectivity index (χ3n) is 2.91. The Balaban J connectivity index is 2.13. The van der Waals surface area contributed by atoms with E-state index in [-0.39, 0.29) is 24.1 Å². The van der Waals surface area contributed by atoms with Crippen LogP contribution in [-0.2, 0) is 4.79 Å². The molecule has 4 nitrogen and oxygen atoms in total. The van der Waals surface area contributed by atoms with Gasteiger partial charge in [-0.15, -0.1) is 0 Å². The van der Waals surface area contributed by atoms with E-state index in [9.17, 15) is 9.18 Å². The number of anilines is 2. The third kappa shape index (κ3) is 1.74. The molecular formula is C12H10FN3OS. The van der Waals surface area contributed by atoms with Gasteiger partial charge in [0.05, 0.1) is 4.88 Å². The molecule has 0 saturated carbocycles. The zero-order valence-corrected chi connectivity index (χ0v) is 10.1. The van der Waals surface area contributed by atoms with E-state index in [1.807, 2.05) is 0 Å². The van der Waals surface area contributed by atoms with Crippen LogP contribution in [0.3, 0.4) is 0 Å². The van der Waals surface area contributed by atoms with Crippen LogP contribution in [0.4, 0.5) is 15.3 Å². The van der Waals surface area contributed by atoms with Crippen molar-refractivity contribution in [1.82, 2.24) is 4.98 Å². The molecule has 0 radical (unpaired) electrons. The molecule has 92 valence electrons. The van der Waals surface area contributed by atoms with Crippen molar-refractivity contribution < 1.29 is 9.18 Å². The number of hydrogen-bond acceptors (Lipinski definition) is 4. The number of thiazole rings is 1. The highest BCUT2D eigenvalue weighted by Crippen LogP contribution is 2.41. The summed E-state index contributed by atoms with van der Waals surface area (Å²) in [5, 5.41) is 3.04. The van der Waals surface area contributed by atoms with Crippen LogP contribution in [0.25, 0.3) is 0 Å². The number of amides is 1. The van der Waals surface area contributed by atoms with Crippen molar-refractivity contribution in [2.75, 3.05) is 11.1 Å². The second-order valence-corrected chi connectivity index (χ2v) is 5.15. The quantitative estimate of drug-likeness (QED) is 0.829. The summed E-state index contributed by atoms with van der Waals surface area (Å²) >= 11 is 1.29. The summed E-state index contributed by atoms with van der Waals surface area (Å²) in [6.07, 6.45) is 0.218. The van der Waals surface area contributed by atoms with Gasteiger partial charge in [0.15, 0.2) is 5.13 Å². The molecule has 3 N–H and O–H groups in total. The number of aromatic nitrogens is 1. The molecule has 2 aromatic rings. The van der Waals surface area contributed by atoms with Crippen LogP contribution in [0, 0.1) is 5.82 Å². The van der Waals surface area contributed by atoms with Gasteiger partial charge in [-0.25, -0.2) is 9.37 Å². The molecule has 0 unspecified atom stereocenters. The van der Waals surface area contributed by atoms with E-state index in [4.69, 9.17) is 5.73 Å². The molecule has 1 aliphatic heterocycles. The largest absolute Gasteiger partial charge is 0.375 e. The molecule has 0 spiro atoms. The number of halogens is 1. The maximum absolute atomic E-state index is 13.8. The van der Waals surface area contributed by atoms with Crippen molar-refractivity contribution in [1.29, 1.82) is 0 Å². The first-order valence-electron chi connectivity index (χ1n) is 5.45. The van der Waals surface area contributed by atoms with E-state index in [0.717, 1.165) is 4.88 Å². The SMILES string of the molecule is Nc1nc2c(s1)[C@H](c1ccccc1F)CC(=O)N2. The average Bonchev–Trinajstić information content (AvgIpc) is 2.69. The zero-order valence-electron chi connectivity index (χ0n) is 9.31. The maximum Gasteiger partial charge on any atom is 0.226 e. The fourth-order valence-electron chi connectivity index (χ4n) is 2.14. The Morgan fingerprint density at radius 1 is 1.44 bits per heavy atom. The molecule has 0 saturated heterocycles. The van der Waals surface area contributed by atoms with E-state index in [1.54, 1.807) is 18.2 Å². The van der Waals surface area contributed by atoms with E-state index >= 15 is 0 Å². The van der Waals surface area contributed by atoms with Crippen molar-refractivity contribution >= 4 is 28.2 Å². The Hall–Kier alpha value is -1.95. The summed E-state index contributed by atoms with van der Waals surface area (Å²) in [5.74, 6) is -0.317. The first kappa shape index (κ1) is 11.2. The topological polar surface area (TPSA) is 68.0 Å². The van der Waals surface area contributed by atoms with Gasteiger partial charge in [0, 0.05) is 12.3 Å². The van der Waals surface area contributed by atoms with E-state index < -0.39 is 0 Å². The highest BCUT2D eigenvalue weighted by molar-refractivity contribution is 7.16. The molecular weight excluding hydrogens is 253 g/mol. The molecule has 1 aromatic heterocycles. The minimum Gasteiger partial charge on any atom is -0.375 e. The van der Waals surface area contributed by atoms with Gasteiger partial charge in [-0.3, -0.25) is 4.79 Å². The number of benzene rings is 1. The zero-order chi connectivity index (χ0) is 12.7. The highest BCUT2D eigenvalue weighted by Gasteiger charge is 2.31. The number of fused-ring (bicyclic) bond motifs is 1. The van der Waals surface area contributed by atoms with Crippen LogP contribution in [0.2, 0.25) is 0 Å². The normalized spacial score (nSPS) is 18.3. The second-order valence-electron chi connectivity index (χ2n) is 4.09. The Bertz CT molecular complexity index is 626. The molecule has 6 heteroatoms. The Morgan fingerprint density at radius 2 is 2.22 bits per heavy atom. The third-order valence-corrected chi connectivity index (χ3v) is 3.91. The van der Waals surface area contributed by atoms with Crippen molar-refractivity contribution in [2.24, 2.45) is 0 Å². The average molecular weight is 263 g/mol. The van der Waals surface area contributed by atoms with Crippen molar-refractivity contribution in [3.8, 4) is 0 Å². The predicted octanol–water partition coefficient (Wildman–Crippen LogP) is 2.34. The van der Waals surface area contributed by atoms with Gasteiger partial charge in [-0.2, -0.15) is 0 Å². The van der Waals surface area contributed by atoms with Crippen molar-refractivity contribution in [3.63, 3.8) is 0 Å². The minimum atomic E-state index is -0.310. The van der Waals surface area contributed by atoms with Crippen molar-refractivity contribution in [2.45, 2.75) is 12.3 Å². The number of hydrogen-bond donors (Lipinski definition) is 2. The smallest absolute Gasteiger partial charge is 0.226 e. The lowest BCUT2D eigenvalue weighted by atomic mass is 9.91. The van der Waals surface area contributed by atoms with Crippen LogP contribution >= 0.6 is 11.3 Å². The molecule has 1 atom stereocenters. The van der Waals surface area contributed by atoms with Crippen LogP contribution in [0.5, 0.6) is 0 Å². The Kier molecular flexibility index (Phi) is 2.52. The van der Waals surface area contributed by atoms with Gasteiger partial charge in [-0.1, -0.05) is 29.5 Å². The van der Waals surface area contributed by atoms with Gasteiger partial charge in [0.25, 0.3) is 0 Å². The summed E-state index contributed by atoms with van der Waals surface area (Å²) in [6.45, 7) is 0.